The number of nitrogens with zero attached hydrogens (tertiary/aromatic N) is 2. The van der Waals surface area contributed by atoms with Crippen molar-refractivity contribution >= 4 is 21.8 Å². The van der Waals surface area contributed by atoms with Gasteiger partial charge in [0.05, 0.1) is 11.9 Å². The zero-order chi connectivity index (χ0) is 13.4. The van der Waals surface area contributed by atoms with Gasteiger partial charge in [-0.1, -0.05) is 13.8 Å². The third kappa shape index (κ3) is 2.73. The molecule has 0 spiro atoms. The molecule has 102 valence electrons. The second-order valence-electron chi connectivity index (χ2n) is 5.12. The summed E-state index contributed by atoms with van der Waals surface area (Å²) in [7, 11) is -3.40. The Morgan fingerprint density at radius 2 is 2.17 bits per heavy atom. The number of H-pyrrole nitrogens is 1. The van der Waals surface area contributed by atoms with Crippen LogP contribution >= 0.6 is 11.8 Å². The molecule has 0 radical (unpaired) electrons. The number of rotatable bonds is 2. The van der Waals surface area contributed by atoms with Gasteiger partial charge in [0, 0.05) is 23.6 Å². The molecule has 0 atom stereocenters. The SMILES string of the molecule is Cc1[nH]ncc1S(=O)(=O)N1CCSC(C)(C)CC1. The number of hydrogen-bond acceptors (Lipinski definition) is 4. The fourth-order valence-electron chi connectivity index (χ4n) is 1.98. The molecule has 1 aliphatic rings. The van der Waals surface area contributed by atoms with Crippen LogP contribution in [0.1, 0.15) is 26.0 Å². The second kappa shape index (κ2) is 4.86. The molecule has 0 amide bonds. The molecule has 0 aromatic carbocycles. The lowest BCUT2D eigenvalue weighted by Crippen LogP contribution is -2.33. The van der Waals surface area contributed by atoms with Crippen LogP contribution < -0.4 is 0 Å². The molecule has 1 fully saturated rings. The van der Waals surface area contributed by atoms with E-state index in [9.17, 15) is 8.42 Å². The lowest BCUT2D eigenvalue weighted by molar-refractivity contribution is 0.415. The highest BCUT2D eigenvalue weighted by atomic mass is 32.2. The van der Waals surface area contributed by atoms with E-state index in [1.165, 1.54) is 6.20 Å². The van der Waals surface area contributed by atoms with Crippen LogP contribution in [0.2, 0.25) is 0 Å². The van der Waals surface area contributed by atoms with Crippen LogP contribution in [0.3, 0.4) is 0 Å². The van der Waals surface area contributed by atoms with Crippen LogP contribution in [0.5, 0.6) is 0 Å². The Labute approximate surface area is 112 Å². The van der Waals surface area contributed by atoms with Crippen LogP contribution in [0, 0.1) is 6.92 Å². The summed E-state index contributed by atoms with van der Waals surface area (Å²) in [4.78, 5) is 0.298. The molecule has 2 rings (SSSR count). The number of aromatic amines is 1. The minimum absolute atomic E-state index is 0.149. The molecular weight excluding hydrogens is 270 g/mol. The maximum Gasteiger partial charge on any atom is 0.246 e. The molecule has 1 saturated heterocycles. The van der Waals surface area contributed by atoms with Gasteiger partial charge in [0.25, 0.3) is 0 Å². The molecule has 5 nitrogen and oxygen atoms in total. The smallest absolute Gasteiger partial charge is 0.246 e. The van der Waals surface area contributed by atoms with E-state index < -0.39 is 10.0 Å². The van der Waals surface area contributed by atoms with Gasteiger partial charge in [0.2, 0.25) is 10.0 Å². The Morgan fingerprint density at radius 1 is 1.44 bits per heavy atom. The van der Waals surface area contributed by atoms with Crippen molar-refractivity contribution in [1.29, 1.82) is 0 Å². The minimum Gasteiger partial charge on any atom is -0.281 e. The maximum atomic E-state index is 12.5. The first-order valence-electron chi connectivity index (χ1n) is 5.97. The van der Waals surface area contributed by atoms with Crippen molar-refractivity contribution in [2.75, 3.05) is 18.8 Å². The highest BCUT2D eigenvalue weighted by molar-refractivity contribution is 8.00. The first kappa shape index (κ1) is 13.9. The molecule has 1 N–H and O–H groups in total. The minimum atomic E-state index is -3.40. The van der Waals surface area contributed by atoms with E-state index in [-0.39, 0.29) is 4.75 Å². The number of nitrogens with one attached hydrogen (secondary N) is 1. The molecule has 0 aliphatic carbocycles. The molecule has 18 heavy (non-hydrogen) atoms. The van der Waals surface area contributed by atoms with Crippen LogP contribution in [0.15, 0.2) is 11.1 Å². The van der Waals surface area contributed by atoms with Gasteiger partial charge in [0.15, 0.2) is 0 Å². The van der Waals surface area contributed by atoms with Gasteiger partial charge in [-0.3, -0.25) is 5.10 Å². The van der Waals surface area contributed by atoms with E-state index in [0.717, 1.165) is 12.2 Å². The molecule has 0 saturated carbocycles. The van der Waals surface area contributed by atoms with Gasteiger partial charge in [-0.15, -0.1) is 0 Å². The number of aryl methyl sites for hydroxylation is 1. The van der Waals surface area contributed by atoms with Gasteiger partial charge >= 0.3 is 0 Å². The number of hydrogen-bond donors (Lipinski definition) is 1. The fourth-order valence-corrected chi connectivity index (χ4v) is 4.76. The van der Waals surface area contributed by atoms with E-state index in [0.29, 0.717) is 23.7 Å². The van der Waals surface area contributed by atoms with Crippen molar-refractivity contribution in [2.24, 2.45) is 0 Å². The summed E-state index contributed by atoms with van der Waals surface area (Å²) in [5.74, 6) is 0.836. The quantitative estimate of drug-likeness (QED) is 0.898. The second-order valence-corrected chi connectivity index (χ2v) is 8.83. The average Bonchev–Trinajstić information content (AvgIpc) is 2.60. The predicted octanol–water partition coefficient (Wildman–Crippen LogP) is 1.62. The van der Waals surface area contributed by atoms with Gasteiger partial charge < -0.3 is 0 Å². The van der Waals surface area contributed by atoms with Crippen molar-refractivity contribution in [2.45, 2.75) is 36.8 Å². The van der Waals surface area contributed by atoms with Crippen molar-refractivity contribution in [3.63, 3.8) is 0 Å². The Hall–Kier alpha value is -0.530. The lowest BCUT2D eigenvalue weighted by Gasteiger charge is -2.22. The predicted molar refractivity (Wildman–Crippen MR) is 73.2 cm³/mol. The van der Waals surface area contributed by atoms with E-state index in [2.05, 4.69) is 24.0 Å². The van der Waals surface area contributed by atoms with Crippen molar-refractivity contribution < 1.29 is 8.42 Å². The van der Waals surface area contributed by atoms with Gasteiger partial charge in [0.1, 0.15) is 4.90 Å². The molecular formula is C11H19N3O2S2. The lowest BCUT2D eigenvalue weighted by atomic mass is 10.1. The largest absolute Gasteiger partial charge is 0.281 e. The van der Waals surface area contributed by atoms with Crippen LogP contribution in [0.25, 0.3) is 0 Å². The van der Waals surface area contributed by atoms with Crippen molar-refractivity contribution in [3.05, 3.63) is 11.9 Å². The van der Waals surface area contributed by atoms with E-state index in [1.54, 1.807) is 11.2 Å². The molecule has 0 unspecified atom stereocenters. The number of sulfonamides is 1. The van der Waals surface area contributed by atoms with Crippen molar-refractivity contribution in [1.82, 2.24) is 14.5 Å². The first-order valence-corrected chi connectivity index (χ1v) is 8.39. The summed E-state index contributed by atoms with van der Waals surface area (Å²) in [6.45, 7) is 7.21. The number of aromatic nitrogens is 2. The molecule has 1 aliphatic heterocycles. The monoisotopic (exact) mass is 289 g/mol. The maximum absolute atomic E-state index is 12.5. The molecule has 1 aromatic rings. The highest BCUT2D eigenvalue weighted by Crippen LogP contribution is 2.32. The number of thioether (sulfide) groups is 1. The third-order valence-corrected chi connectivity index (χ3v) is 6.58. The summed E-state index contributed by atoms with van der Waals surface area (Å²) in [6, 6.07) is 0. The summed E-state index contributed by atoms with van der Waals surface area (Å²) in [6.07, 6.45) is 2.27. The summed E-state index contributed by atoms with van der Waals surface area (Å²) in [5, 5.41) is 6.48. The summed E-state index contributed by atoms with van der Waals surface area (Å²) < 4.78 is 26.7. The molecule has 0 bridgehead atoms. The zero-order valence-corrected chi connectivity index (χ0v) is 12.6. The third-order valence-electron chi connectivity index (χ3n) is 3.20. The zero-order valence-electron chi connectivity index (χ0n) is 10.9. The van der Waals surface area contributed by atoms with Crippen LogP contribution in [0.4, 0.5) is 0 Å². The van der Waals surface area contributed by atoms with E-state index in [4.69, 9.17) is 0 Å². The summed E-state index contributed by atoms with van der Waals surface area (Å²) >= 11 is 1.83. The van der Waals surface area contributed by atoms with Crippen LogP contribution in [-0.2, 0) is 10.0 Å². The molecule has 7 heteroatoms. The Bertz CT molecular complexity index is 522. The topological polar surface area (TPSA) is 66.1 Å². The Kier molecular flexibility index (Phi) is 3.75. The van der Waals surface area contributed by atoms with E-state index in [1.807, 2.05) is 11.8 Å². The van der Waals surface area contributed by atoms with Gasteiger partial charge in [-0.05, 0) is 13.3 Å². The standard InChI is InChI=1S/C11H19N3O2S2/c1-9-10(8-12-13-9)18(15,16)14-5-4-11(2,3)17-7-6-14/h8H,4-7H2,1-3H3,(H,12,13). The Balaban J connectivity index is 2.24. The summed E-state index contributed by atoms with van der Waals surface area (Å²) in [5.41, 5.74) is 0.603. The molecule has 2 heterocycles. The van der Waals surface area contributed by atoms with Crippen molar-refractivity contribution in [3.8, 4) is 0 Å². The van der Waals surface area contributed by atoms with Gasteiger partial charge in [-0.2, -0.15) is 21.2 Å². The average molecular weight is 289 g/mol. The molecule has 1 aromatic heterocycles. The van der Waals surface area contributed by atoms with E-state index >= 15 is 0 Å². The van der Waals surface area contributed by atoms with Gasteiger partial charge in [-0.25, -0.2) is 8.42 Å². The fraction of sp³-hybridized carbons (Fsp3) is 0.727. The highest BCUT2D eigenvalue weighted by Gasteiger charge is 2.32. The normalized spacial score (nSPS) is 21.7. The first-order chi connectivity index (χ1) is 8.33. The van der Waals surface area contributed by atoms with Crippen LogP contribution in [-0.4, -0.2) is 46.5 Å². The Morgan fingerprint density at radius 3 is 2.78 bits per heavy atom.